The van der Waals surface area contributed by atoms with Gasteiger partial charge in [0, 0.05) is 0 Å². The van der Waals surface area contributed by atoms with Crippen LogP contribution in [0.3, 0.4) is 0 Å². The number of β-amino-alcohol motifs (C(OH)–C–C–N with tert-alkyl or cyclic N) is 1. The van der Waals surface area contributed by atoms with Crippen LogP contribution in [-0.4, -0.2) is 54.8 Å². The number of hydrogen-bond donors (Lipinski definition) is 1. The Balaban J connectivity index is 1.63. The SMILES string of the molecule is CC1(O)CN(C(=O)Cn2nnc(-c3ccco3)n2)C1. The average molecular weight is 263 g/mol. The fourth-order valence-corrected chi connectivity index (χ4v) is 1.99. The molecule has 1 fully saturated rings. The van der Waals surface area contributed by atoms with Crippen molar-refractivity contribution in [3.63, 3.8) is 0 Å². The lowest BCUT2D eigenvalue weighted by Crippen LogP contribution is -2.62. The molecule has 0 saturated carbocycles. The van der Waals surface area contributed by atoms with Crippen molar-refractivity contribution in [2.24, 2.45) is 0 Å². The third-order valence-electron chi connectivity index (χ3n) is 2.89. The summed E-state index contributed by atoms with van der Waals surface area (Å²) in [6.45, 7) is 2.38. The molecule has 100 valence electrons. The molecule has 3 rings (SSSR count). The van der Waals surface area contributed by atoms with Crippen LogP contribution in [0.5, 0.6) is 0 Å². The molecule has 1 saturated heterocycles. The van der Waals surface area contributed by atoms with Gasteiger partial charge < -0.3 is 14.4 Å². The van der Waals surface area contributed by atoms with E-state index in [9.17, 15) is 9.90 Å². The Morgan fingerprint density at radius 3 is 3.00 bits per heavy atom. The quantitative estimate of drug-likeness (QED) is 0.803. The first-order chi connectivity index (χ1) is 9.03. The predicted molar refractivity (Wildman–Crippen MR) is 62.7 cm³/mol. The summed E-state index contributed by atoms with van der Waals surface area (Å²) in [5.41, 5.74) is -0.773. The zero-order valence-corrected chi connectivity index (χ0v) is 10.4. The van der Waals surface area contributed by atoms with Crippen molar-refractivity contribution in [2.75, 3.05) is 13.1 Å². The van der Waals surface area contributed by atoms with E-state index < -0.39 is 5.60 Å². The molecule has 19 heavy (non-hydrogen) atoms. The van der Waals surface area contributed by atoms with Crippen LogP contribution in [0, 0.1) is 0 Å². The average Bonchev–Trinajstić information content (AvgIpc) is 2.94. The minimum Gasteiger partial charge on any atom is -0.461 e. The van der Waals surface area contributed by atoms with Gasteiger partial charge in [-0.3, -0.25) is 4.79 Å². The molecule has 2 aromatic rings. The van der Waals surface area contributed by atoms with Gasteiger partial charge in [-0.1, -0.05) is 0 Å². The van der Waals surface area contributed by atoms with Crippen molar-refractivity contribution >= 4 is 5.91 Å². The Hall–Kier alpha value is -2.22. The van der Waals surface area contributed by atoms with Gasteiger partial charge in [0.15, 0.2) is 5.76 Å². The van der Waals surface area contributed by atoms with Crippen molar-refractivity contribution in [3.8, 4) is 11.6 Å². The van der Waals surface area contributed by atoms with E-state index in [1.807, 2.05) is 0 Å². The maximum Gasteiger partial charge on any atom is 0.246 e. The van der Waals surface area contributed by atoms with Crippen molar-refractivity contribution in [1.82, 2.24) is 25.1 Å². The monoisotopic (exact) mass is 263 g/mol. The summed E-state index contributed by atoms with van der Waals surface area (Å²) in [5.74, 6) is 0.703. The van der Waals surface area contributed by atoms with Crippen LogP contribution in [0.25, 0.3) is 11.6 Å². The van der Waals surface area contributed by atoms with Crippen LogP contribution in [0.1, 0.15) is 6.92 Å². The fourth-order valence-electron chi connectivity index (χ4n) is 1.99. The van der Waals surface area contributed by atoms with Crippen molar-refractivity contribution in [1.29, 1.82) is 0 Å². The minimum atomic E-state index is -0.773. The predicted octanol–water partition coefficient (Wildman–Crippen LogP) is -0.474. The standard InChI is InChI=1S/C11H13N5O3/c1-11(18)6-15(7-11)9(17)5-16-13-10(12-14-16)8-3-2-4-19-8/h2-4,18H,5-7H2,1H3. The van der Waals surface area contributed by atoms with Gasteiger partial charge in [0.1, 0.15) is 6.54 Å². The molecule has 8 nitrogen and oxygen atoms in total. The molecule has 0 radical (unpaired) electrons. The van der Waals surface area contributed by atoms with Crippen LogP contribution in [0.15, 0.2) is 22.8 Å². The number of furan rings is 1. The molecule has 0 atom stereocenters. The lowest BCUT2D eigenvalue weighted by molar-refractivity contribution is -0.153. The lowest BCUT2D eigenvalue weighted by atomic mass is 9.97. The Kier molecular flexibility index (Phi) is 2.59. The minimum absolute atomic E-state index is 0.00376. The van der Waals surface area contributed by atoms with Gasteiger partial charge in [0.05, 0.1) is 25.0 Å². The molecule has 1 aliphatic rings. The maximum atomic E-state index is 11.8. The van der Waals surface area contributed by atoms with Gasteiger partial charge >= 0.3 is 0 Å². The first-order valence-electron chi connectivity index (χ1n) is 5.85. The third kappa shape index (κ3) is 2.34. The summed E-state index contributed by atoms with van der Waals surface area (Å²) < 4.78 is 5.14. The largest absolute Gasteiger partial charge is 0.461 e. The number of nitrogens with zero attached hydrogens (tertiary/aromatic N) is 5. The third-order valence-corrected chi connectivity index (χ3v) is 2.89. The Bertz CT molecular complexity index is 581. The van der Waals surface area contributed by atoms with Crippen molar-refractivity contribution in [3.05, 3.63) is 18.4 Å². The fraction of sp³-hybridized carbons (Fsp3) is 0.455. The Morgan fingerprint density at radius 1 is 1.58 bits per heavy atom. The number of amides is 1. The van der Waals surface area contributed by atoms with Crippen LogP contribution in [-0.2, 0) is 11.3 Å². The molecule has 1 amide bonds. The molecule has 0 aromatic carbocycles. The number of carbonyl (C=O) groups is 1. The van der Waals surface area contributed by atoms with Gasteiger partial charge in [0.25, 0.3) is 0 Å². The number of rotatable bonds is 3. The molecule has 0 unspecified atom stereocenters. The second kappa shape index (κ2) is 4.16. The van der Waals surface area contributed by atoms with E-state index in [0.717, 1.165) is 0 Å². The number of carbonyl (C=O) groups excluding carboxylic acids is 1. The maximum absolute atomic E-state index is 11.8. The first-order valence-corrected chi connectivity index (χ1v) is 5.85. The highest BCUT2D eigenvalue weighted by Gasteiger charge is 2.39. The molecule has 0 bridgehead atoms. The molecule has 2 aromatic heterocycles. The number of tetrazole rings is 1. The second-order valence-corrected chi connectivity index (χ2v) is 4.87. The molecule has 3 heterocycles. The topological polar surface area (TPSA) is 97.3 Å². The van der Waals surface area contributed by atoms with Gasteiger partial charge in [0.2, 0.25) is 11.7 Å². The van der Waals surface area contributed by atoms with Crippen LogP contribution >= 0.6 is 0 Å². The van der Waals surface area contributed by atoms with E-state index in [0.29, 0.717) is 24.7 Å². The van der Waals surface area contributed by atoms with Gasteiger partial charge in [-0.2, -0.15) is 4.80 Å². The lowest BCUT2D eigenvalue weighted by Gasteiger charge is -2.43. The number of aliphatic hydroxyl groups is 1. The highest BCUT2D eigenvalue weighted by Crippen LogP contribution is 2.20. The van der Waals surface area contributed by atoms with E-state index in [4.69, 9.17) is 4.42 Å². The smallest absolute Gasteiger partial charge is 0.246 e. The molecule has 0 aliphatic carbocycles. The molecule has 1 aliphatic heterocycles. The summed E-state index contributed by atoms with van der Waals surface area (Å²) in [5, 5.41) is 21.2. The zero-order valence-electron chi connectivity index (χ0n) is 10.4. The van der Waals surface area contributed by atoms with Gasteiger partial charge in [-0.05, 0) is 24.3 Å². The van der Waals surface area contributed by atoms with Crippen molar-refractivity contribution < 1.29 is 14.3 Å². The number of likely N-dealkylation sites (tertiary alicyclic amines) is 1. The first kappa shape index (κ1) is 11.8. The molecular weight excluding hydrogens is 250 g/mol. The molecular formula is C11H13N5O3. The van der Waals surface area contributed by atoms with E-state index in [1.54, 1.807) is 24.0 Å². The summed E-state index contributed by atoms with van der Waals surface area (Å²) >= 11 is 0. The molecule has 1 N–H and O–H groups in total. The summed E-state index contributed by atoms with van der Waals surface area (Å²) in [6.07, 6.45) is 1.52. The van der Waals surface area contributed by atoms with E-state index in [-0.39, 0.29) is 12.5 Å². The summed E-state index contributed by atoms with van der Waals surface area (Å²) in [7, 11) is 0. The Morgan fingerprint density at radius 2 is 2.37 bits per heavy atom. The van der Waals surface area contributed by atoms with Gasteiger partial charge in [-0.15, -0.1) is 10.2 Å². The summed E-state index contributed by atoms with van der Waals surface area (Å²) in [6, 6.07) is 3.44. The van der Waals surface area contributed by atoms with Gasteiger partial charge in [-0.25, -0.2) is 0 Å². The van der Waals surface area contributed by atoms with Crippen LogP contribution < -0.4 is 0 Å². The number of aromatic nitrogens is 4. The zero-order chi connectivity index (χ0) is 13.5. The van der Waals surface area contributed by atoms with E-state index in [2.05, 4.69) is 15.4 Å². The summed E-state index contributed by atoms with van der Waals surface area (Å²) in [4.78, 5) is 14.6. The second-order valence-electron chi connectivity index (χ2n) is 4.87. The Labute approximate surface area is 108 Å². The van der Waals surface area contributed by atoms with E-state index >= 15 is 0 Å². The highest BCUT2D eigenvalue weighted by atomic mass is 16.3. The van der Waals surface area contributed by atoms with Crippen LogP contribution in [0.4, 0.5) is 0 Å². The van der Waals surface area contributed by atoms with Crippen molar-refractivity contribution in [2.45, 2.75) is 19.1 Å². The highest BCUT2D eigenvalue weighted by molar-refractivity contribution is 5.77. The normalized spacial score (nSPS) is 17.3. The van der Waals surface area contributed by atoms with E-state index in [1.165, 1.54) is 11.1 Å². The molecule has 8 heteroatoms. The molecule has 0 spiro atoms. The number of hydrogen-bond acceptors (Lipinski definition) is 6. The van der Waals surface area contributed by atoms with Crippen LogP contribution in [0.2, 0.25) is 0 Å².